The topological polar surface area (TPSA) is 24.5 Å². The molecule has 3 heteroatoms. The Morgan fingerprint density at radius 3 is 1.94 bits per heavy atom. The second-order valence-electron chi connectivity index (χ2n) is 7.43. The fourth-order valence-electron chi connectivity index (χ4n) is 2.87. The SMILES string of the molecule is CC(C)CNCC(C)N1CC(C)(C)OC(C)(C)C1. The van der Waals surface area contributed by atoms with Gasteiger partial charge >= 0.3 is 0 Å². The Kier molecular flexibility index (Phi) is 5.22. The van der Waals surface area contributed by atoms with E-state index >= 15 is 0 Å². The molecule has 0 spiro atoms. The number of hydrogen-bond acceptors (Lipinski definition) is 3. The van der Waals surface area contributed by atoms with E-state index in [2.05, 4.69) is 58.7 Å². The molecule has 1 N–H and O–H groups in total. The van der Waals surface area contributed by atoms with Crippen LogP contribution in [0, 0.1) is 5.92 Å². The lowest BCUT2D eigenvalue weighted by Gasteiger charge is -2.49. The van der Waals surface area contributed by atoms with Gasteiger partial charge in [-0.15, -0.1) is 0 Å². The van der Waals surface area contributed by atoms with Gasteiger partial charge in [-0.3, -0.25) is 4.90 Å². The monoisotopic (exact) mass is 256 g/mol. The number of ether oxygens (including phenoxy) is 1. The molecule has 1 saturated heterocycles. The van der Waals surface area contributed by atoms with Crippen molar-refractivity contribution in [3.63, 3.8) is 0 Å². The third-order valence-electron chi connectivity index (χ3n) is 3.34. The summed E-state index contributed by atoms with van der Waals surface area (Å²) in [6.07, 6.45) is 0. The summed E-state index contributed by atoms with van der Waals surface area (Å²) in [6.45, 7) is 19.8. The van der Waals surface area contributed by atoms with Crippen LogP contribution >= 0.6 is 0 Å². The molecule has 0 aromatic rings. The van der Waals surface area contributed by atoms with Crippen molar-refractivity contribution >= 4 is 0 Å². The summed E-state index contributed by atoms with van der Waals surface area (Å²) < 4.78 is 6.12. The fourth-order valence-corrected chi connectivity index (χ4v) is 2.87. The first-order chi connectivity index (χ1) is 8.11. The number of nitrogens with one attached hydrogen (secondary N) is 1. The molecule has 0 aromatic carbocycles. The van der Waals surface area contributed by atoms with E-state index in [1.807, 2.05) is 0 Å². The molecule has 1 heterocycles. The van der Waals surface area contributed by atoms with Gasteiger partial charge in [0.25, 0.3) is 0 Å². The van der Waals surface area contributed by atoms with Crippen molar-refractivity contribution in [2.24, 2.45) is 5.92 Å². The van der Waals surface area contributed by atoms with E-state index in [9.17, 15) is 0 Å². The van der Waals surface area contributed by atoms with Gasteiger partial charge in [0.1, 0.15) is 0 Å². The summed E-state index contributed by atoms with van der Waals surface area (Å²) in [6, 6.07) is 0.561. The lowest BCUT2D eigenvalue weighted by Crippen LogP contribution is -2.60. The van der Waals surface area contributed by atoms with Crippen LogP contribution in [0.25, 0.3) is 0 Å². The highest BCUT2D eigenvalue weighted by Gasteiger charge is 2.39. The minimum atomic E-state index is -0.0476. The Morgan fingerprint density at radius 1 is 1.00 bits per heavy atom. The molecule has 1 aliphatic heterocycles. The highest BCUT2D eigenvalue weighted by atomic mass is 16.5. The van der Waals surface area contributed by atoms with Crippen molar-refractivity contribution in [2.45, 2.75) is 65.7 Å². The lowest BCUT2D eigenvalue weighted by molar-refractivity contribution is -0.186. The highest BCUT2D eigenvalue weighted by Crippen LogP contribution is 2.28. The zero-order valence-corrected chi connectivity index (χ0v) is 13.3. The highest BCUT2D eigenvalue weighted by molar-refractivity contribution is 4.91. The van der Waals surface area contributed by atoms with Crippen LogP contribution in [-0.4, -0.2) is 48.3 Å². The number of rotatable bonds is 5. The Morgan fingerprint density at radius 2 is 1.50 bits per heavy atom. The summed E-state index contributed by atoms with van der Waals surface area (Å²) in [5.41, 5.74) is -0.0951. The molecule has 0 bridgehead atoms. The molecular formula is C15H32N2O. The molecule has 0 radical (unpaired) electrons. The Labute approximate surface area is 113 Å². The average Bonchev–Trinajstić information content (AvgIpc) is 2.11. The lowest BCUT2D eigenvalue weighted by atomic mass is 9.97. The largest absolute Gasteiger partial charge is 0.367 e. The van der Waals surface area contributed by atoms with Crippen LogP contribution in [0.1, 0.15) is 48.5 Å². The van der Waals surface area contributed by atoms with Crippen LogP contribution in [0.5, 0.6) is 0 Å². The van der Waals surface area contributed by atoms with E-state index in [4.69, 9.17) is 4.74 Å². The van der Waals surface area contributed by atoms with Crippen LogP contribution < -0.4 is 5.32 Å². The zero-order chi connectivity index (χ0) is 14.0. The maximum atomic E-state index is 6.12. The molecule has 3 nitrogen and oxygen atoms in total. The van der Waals surface area contributed by atoms with E-state index in [1.165, 1.54) is 0 Å². The van der Waals surface area contributed by atoms with Gasteiger partial charge in [-0.05, 0) is 47.1 Å². The van der Waals surface area contributed by atoms with Crippen molar-refractivity contribution in [1.29, 1.82) is 0 Å². The summed E-state index contributed by atoms with van der Waals surface area (Å²) in [7, 11) is 0. The number of nitrogens with zero attached hydrogens (tertiary/aromatic N) is 1. The van der Waals surface area contributed by atoms with Gasteiger partial charge in [0.05, 0.1) is 11.2 Å². The van der Waals surface area contributed by atoms with Crippen LogP contribution in [0.2, 0.25) is 0 Å². The van der Waals surface area contributed by atoms with E-state index in [0.29, 0.717) is 6.04 Å². The van der Waals surface area contributed by atoms with Gasteiger partial charge in [-0.25, -0.2) is 0 Å². The minimum Gasteiger partial charge on any atom is -0.367 e. The third-order valence-corrected chi connectivity index (χ3v) is 3.34. The summed E-state index contributed by atoms with van der Waals surface area (Å²) in [5.74, 6) is 0.717. The standard InChI is InChI=1S/C15H32N2O/c1-12(2)8-16-9-13(3)17-10-14(4,5)18-15(6,7)11-17/h12-13,16H,8-11H2,1-7H3. The van der Waals surface area contributed by atoms with Gasteiger partial charge in [-0.2, -0.15) is 0 Å². The smallest absolute Gasteiger partial charge is 0.0760 e. The molecule has 0 saturated carbocycles. The summed E-state index contributed by atoms with van der Waals surface area (Å²) >= 11 is 0. The molecule has 1 aliphatic rings. The minimum absolute atomic E-state index is 0.0476. The first kappa shape index (κ1) is 15.9. The Bertz CT molecular complexity index is 245. The van der Waals surface area contributed by atoms with Crippen molar-refractivity contribution < 1.29 is 4.74 Å². The molecule has 0 aliphatic carbocycles. The molecule has 0 amide bonds. The maximum absolute atomic E-state index is 6.12. The van der Waals surface area contributed by atoms with E-state index in [-0.39, 0.29) is 11.2 Å². The van der Waals surface area contributed by atoms with Crippen molar-refractivity contribution in [3.8, 4) is 0 Å². The first-order valence-corrected chi connectivity index (χ1v) is 7.26. The summed E-state index contributed by atoms with van der Waals surface area (Å²) in [4.78, 5) is 2.55. The predicted molar refractivity (Wildman–Crippen MR) is 78.0 cm³/mol. The summed E-state index contributed by atoms with van der Waals surface area (Å²) in [5, 5.41) is 3.55. The van der Waals surface area contributed by atoms with E-state index in [1.54, 1.807) is 0 Å². The second-order valence-corrected chi connectivity index (χ2v) is 7.43. The Balaban J connectivity index is 2.49. The number of morpholine rings is 1. The van der Waals surface area contributed by atoms with Crippen molar-refractivity contribution in [2.75, 3.05) is 26.2 Å². The van der Waals surface area contributed by atoms with Gasteiger partial charge in [0, 0.05) is 25.7 Å². The van der Waals surface area contributed by atoms with Crippen molar-refractivity contribution in [1.82, 2.24) is 10.2 Å². The Hall–Kier alpha value is -0.120. The van der Waals surface area contributed by atoms with E-state index < -0.39 is 0 Å². The predicted octanol–water partition coefficient (Wildman–Crippen LogP) is 2.51. The number of hydrogen-bond donors (Lipinski definition) is 1. The third kappa shape index (κ3) is 5.25. The van der Waals surface area contributed by atoms with Crippen LogP contribution in [0.4, 0.5) is 0 Å². The van der Waals surface area contributed by atoms with Gasteiger partial charge in [-0.1, -0.05) is 13.8 Å². The molecule has 1 unspecified atom stereocenters. The second kappa shape index (κ2) is 5.89. The molecule has 1 fully saturated rings. The first-order valence-electron chi connectivity index (χ1n) is 7.26. The molecule has 1 rings (SSSR count). The van der Waals surface area contributed by atoms with Crippen LogP contribution in [0.15, 0.2) is 0 Å². The van der Waals surface area contributed by atoms with Gasteiger partial charge in [0.15, 0.2) is 0 Å². The zero-order valence-electron chi connectivity index (χ0n) is 13.3. The molecule has 18 heavy (non-hydrogen) atoms. The van der Waals surface area contributed by atoms with Gasteiger partial charge in [0.2, 0.25) is 0 Å². The fraction of sp³-hybridized carbons (Fsp3) is 1.00. The average molecular weight is 256 g/mol. The molecule has 0 aromatic heterocycles. The van der Waals surface area contributed by atoms with Crippen LogP contribution in [0.3, 0.4) is 0 Å². The quantitative estimate of drug-likeness (QED) is 0.818. The van der Waals surface area contributed by atoms with Crippen LogP contribution in [-0.2, 0) is 4.74 Å². The normalized spacial score (nSPS) is 25.3. The van der Waals surface area contributed by atoms with Gasteiger partial charge < -0.3 is 10.1 Å². The molecule has 1 atom stereocenters. The van der Waals surface area contributed by atoms with E-state index in [0.717, 1.165) is 32.1 Å². The maximum Gasteiger partial charge on any atom is 0.0760 e. The van der Waals surface area contributed by atoms with Crippen molar-refractivity contribution in [3.05, 3.63) is 0 Å². The molecule has 108 valence electrons. The molecular weight excluding hydrogens is 224 g/mol.